The zero-order valence-corrected chi connectivity index (χ0v) is 12.2. The van der Waals surface area contributed by atoms with Crippen molar-refractivity contribution in [2.45, 2.75) is 25.8 Å². The number of β-lactam (4-membered cyclic amide) rings is 1. The zero-order chi connectivity index (χ0) is 14.6. The number of hydrogen-bond acceptors (Lipinski definition) is 5. The predicted molar refractivity (Wildman–Crippen MR) is 74.0 cm³/mol. The molecule has 1 rings (SSSR count). The van der Waals surface area contributed by atoms with Gasteiger partial charge in [0.2, 0.25) is 11.8 Å². The Morgan fingerprint density at radius 1 is 1.40 bits per heavy atom. The summed E-state index contributed by atoms with van der Waals surface area (Å²) in [6, 6.07) is -0.825. The van der Waals surface area contributed by atoms with E-state index >= 15 is 0 Å². The smallest absolute Gasteiger partial charge is 0.329 e. The second-order valence-corrected chi connectivity index (χ2v) is 4.25. The van der Waals surface area contributed by atoms with Gasteiger partial charge < -0.3 is 16.2 Å². The second-order valence-electron chi connectivity index (χ2n) is 4.25. The summed E-state index contributed by atoms with van der Waals surface area (Å²) < 4.78 is 4.61. The van der Waals surface area contributed by atoms with E-state index in [2.05, 4.69) is 9.73 Å². The van der Waals surface area contributed by atoms with Gasteiger partial charge in [-0.25, -0.2) is 4.79 Å². The number of ether oxygens (including phenoxy) is 1. The Bertz CT molecular complexity index is 423. The lowest BCUT2D eigenvalue weighted by Crippen LogP contribution is -2.66. The van der Waals surface area contributed by atoms with Crippen molar-refractivity contribution in [2.75, 3.05) is 13.7 Å². The van der Waals surface area contributed by atoms with Crippen molar-refractivity contribution in [2.24, 2.45) is 22.4 Å². The molecule has 8 nitrogen and oxygen atoms in total. The first-order valence-corrected chi connectivity index (χ1v) is 5.87. The number of aliphatic imine (C=N–C) groups is 1. The van der Waals surface area contributed by atoms with Crippen LogP contribution in [0.5, 0.6) is 0 Å². The monoisotopic (exact) mass is 306 g/mol. The molecule has 0 unspecified atom stereocenters. The molecule has 114 valence electrons. The minimum Gasteiger partial charge on any atom is -0.467 e. The van der Waals surface area contributed by atoms with Gasteiger partial charge in [0.25, 0.3) is 0 Å². The Labute approximate surface area is 122 Å². The summed E-state index contributed by atoms with van der Waals surface area (Å²) in [6.07, 6.45) is 0.979. The molecular weight excluding hydrogens is 288 g/mol. The van der Waals surface area contributed by atoms with Crippen LogP contribution in [0.25, 0.3) is 0 Å². The van der Waals surface area contributed by atoms with E-state index in [-0.39, 0.29) is 24.3 Å². The number of carbonyl (C=O) groups is 3. The number of methoxy groups -OCH3 is 1. The first-order chi connectivity index (χ1) is 8.90. The quantitative estimate of drug-likeness (QED) is 0.221. The molecule has 9 heteroatoms. The Balaban J connectivity index is 0.00000361. The van der Waals surface area contributed by atoms with E-state index < -0.39 is 23.8 Å². The lowest BCUT2D eigenvalue weighted by Gasteiger charge is -2.43. The van der Waals surface area contributed by atoms with E-state index in [4.69, 9.17) is 11.5 Å². The minimum atomic E-state index is -0.825. The van der Waals surface area contributed by atoms with Gasteiger partial charge in [-0.05, 0) is 12.8 Å². The molecular formula is C11H19ClN4O4. The summed E-state index contributed by atoms with van der Waals surface area (Å²) in [5.74, 6) is -1.95. The molecule has 20 heavy (non-hydrogen) atoms. The van der Waals surface area contributed by atoms with Crippen LogP contribution in [0.4, 0.5) is 0 Å². The maximum atomic E-state index is 11.8. The highest BCUT2D eigenvalue weighted by Crippen LogP contribution is 2.31. The maximum Gasteiger partial charge on any atom is 0.329 e. The summed E-state index contributed by atoms with van der Waals surface area (Å²) in [7, 11) is 1.22. The van der Waals surface area contributed by atoms with Crippen molar-refractivity contribution in [1.82, 2.24) is 4.90 Å². The van der Waals surface area contributed by atoms with Gasteiger partial charge >= 0.3 is 5.97 Å². The van der Waals surface area contributed by atoms with Gasteiger partial charge in [-0.3, -0.25) is 19.5 Å². The summed E-state index contributed by atoms with van der Waals surface area (Å²) in [6.45, 7) is 1.61. The molecule has 1 saturated heterocycles. The predicted octanol–water partition coefficient (Wildman–Crippen LogP) is -0.992. The molecule has 0 aromatic rings. The molecule has 0 radical (unpaired) electrons. The molecule has 0 bridgehead atoms. The first kappa shape index (κ1) is 18.2. The van der Waals surface area contributed by atoms with Crippen molar-refractivity contribution in [3.05, 3.63) is 0 Å². The fourth-order valence-electron chi connectivity index (χ4n) is 2.09. The number of nitrogens with two attached hydrogens (primary N) is 2. The number of carbonyl (C=O) groups excluding carboxylic acids is 3. The van der Waals surface area contributed by atoms with Gasteiger partial charge in [-0.2, -0.15) is 0 Å². The number of imide groups is 1. The van der Waals surface area contributed by atoms with E-state index in [1.165, 1.54) is 14.0 Å². The van der Waals surface area contributed by atoms with Crippen LogP contribution in [0, 0.1) is 5.92 Å². The Morgan fingerprint density at radius 2 is 2.00 bits per heavy atom. The van der Waals surface area contributed by atoms with Crippen LogP contribution in [0.3, 0.4) is 0 Å². The van der Waals surface area contributed by atoms with Crippen molar-refractivity contribution in [3.8, 4) is 0 Å². The molecule has 0 spiro atoms. The Kier molecular flexibility index (Phi) is 6.98. The van der Waals surface area contributed by atoms with Gasteiger partial charge in [-0.1, -0.05) is 0 Å². The third kappa shape index (κ3) is 3.83. The fraction of sp³-hybridized carbons (Fsp3) is 0.636. The lowest BCUT2D eigenvalue weighted by atomic mass is 9.83. The average molecular weight is 307 g/mol. The van der Waals surface area contributed by atoms with Crippen LogP contribution in [0.2, 0.25) is 0 Å². The van der Waals surface area contributed by atoms with Crippen LogP contribution in [0.15, 0.2) is 4.99 Å². The van der Waals surface area contributed by atoms with E-state index in [1.807, 2.05) is 0 Å². The van der Waals surface area contributed by atoms with E-state index in [1.54, 1.807) is 0 Å². The standard InChI is InChI=1S/C11H18N4O4.ClH/c1-6(16)15-8(10(18)19-2)7(9(15)17)4-3-5-14-11(12)13;/h7-8H,3-5H2,1-2H3,(H4,12,13,14);1H/t7-,8+;/m0./s1. The van der Waals surface area contributed by atoms with E-state index in [0.717, 1.165) is 4.90 Å². The van der Waals surface area contributed by atoms with Crippen LogP contribution >= 0.6 is 12.4 Å². The number of guanidine groups is 1. The average Bonchev–Trinajstić information content (AvgIpc) is 2.33. The number of hydrogen-bond donors (Lipinski definition) is 2. The molecule has 1 heterocycles. The number of rotatable bonds is 5. The van der Waals surface area contributed by atoms with Gasteiger partial charge in [0, 0.05) is 13.5 Å². The van der Waals surface area contributed by atoms with Gasteiger partial charge in [-0.15, -0.1) is 12.4 Å². The van der Waals surface area contributed by atoms with Gasteiger partial charge in [0.05, 0.1) is 13.0 Å². The van der Waals surface area contributed by atoms with Crippen molar-refractivity contribution in [1.29, 1.82) is 0 Å². The zero-order valence-electron chi connectivity index (χ0n) is 11.4. The van der Waals surface area contributed by atoms with Crippen LogP contribution in [0.1, 0.15) is 19.8 Å². The van der Waals surface area contributed by atoms with E-state index in [0.29, 0.717) is 19.4 Å². The summed E-state index contributed by atoms with van der Waals surface area (Å²) in [4.78, 5) is 39.3. The van der Waals surface area contributed by atoms with E-state index in [9.17, 15) is 14.4 Å². The highest BCUT2D eigenvalue weighted by molar-refractivity contribution is 6.07. The van der Waals surface area contributed by atoms with Crippen molar-refractivity contribution < 1.29 is 19.1 Å². The molecule has 2 amide bonds. The molecule has 1 fully saturated rings. The van der Waals surface area contributed by atoms with Crippen LogP contribution < -0.4 is 11.5 Å². The largest absolute Gasteiger partial charge is 0.467 e. The second kappa shape index (κ2) is 7.68. The first-order valence-electron chi connectivity index (χ1n) is 5.87. The molecule has 0 aromatic carbocycles. The topological polar surface area (TPSA) is 128 Å². The highest BCUT2D eigenvalue weighted by Gasteiger charge is 2.53. The van der Waals surface area contributed by atoms with Crippen molar-refractivity contribution >= 4 is 36.2 Å². The fourth-order valence-corrected chi connectivity index (χ4v) is 2.09. The molecule has 0 aliphatic carbocycles. The summed E-state index contributed by atoms with van der Waals surface area (Å²) >= 11 is 0. The van der Waals surface area contributed by atoms with Gasteiger partial charge in [0.1, 0.15) is 6.04 Å². The normalized spacial score (nSPS) is 20.5. The number of esters is 1. The minimum absolute atomic E-state index is 0. The van der Waals surface area contributed by atoms with Gasteiger partial charge in [0.15, 0.2) is 5.96 Å². The molecule has 1 aliphatic heterocycles. The lowest BCUT2D eigenvalue weighted by molar-refractivity contribution is -0.178. The highest BCUT2D eigenvalue weighted by atomic mass is 35.5. The Hall–Kier alpha value is -1.83. The third-order valence-corrected chi connectivity index (χ3v) is 2.96. The van der Waals surface area contributed by atoms with Crippen molar-refractivity contribution in [3.63, 3.8) is 0 Å². The number of likely N-dealkylation sites (tertiary alicyclic amines) is 1. The van der Waals surface area contributed by atoms with Crippen LogP contribution in [-0.4, -0.2) is 48.3 Å². The number of amides is 2. The number of nitrogens with zero attached hydrogens (tertiary/aromatic N) is 2. The SMILES string of the molecule is COC(=O)[C@H]1[C@H](CCCN=C(N)N)C(=O)N1C(C)=O.Cl. The third-order valence-electron chi connectivity index (χ3n) is 2.96. The maximum absolute atomic E-state index is 11.8. The molecule has 1 aliphatic rings. The summed E-state index contributed by atoms with van der Waals surface area (Å²) in [5, 5.41) is 0. The molecule has 4 N–H and O–H groups in total. The molecule has 0 aromatic heterocycles. The summed E-state index contributed by atoms with van der Waals surface area (Å²) in [5.41, 5.74) is 10.4. The molecule has 0 saturated carbocycles. The number of halogens is 1. The Morgan fingerprint density at radius 3 is 2.45 bits per heavy atom. The van der Waals surface area contributed by atoms with Crippen LogP contribution in [-0.2, 0) is 19.1 Å². The molecule has 2 atom stereocenters.